The van der Waals surface area contributed by atoms with Gasteiger partial charge in [0.15, 0.2) is 0 Å². The molecule has 1 aromatic heterocycles. The molecular weight excluding hydrogens is 386 g/mol. The van der Waals surface area contributed by atoms with E-state index < -0.39 is 12.0 Å². The second kappa shape index (κ2) is 10.1. The Morgan fingerprint density at radius 3 is 2.50 bits per heavy atom. The van der Waals surface area contributed by atoms with E-state index in [4.69, 9.17) is 9.47 Å². The average molecular weight is 409 g/mol. The van der Waals surface area contributed by atoms with Gasteiger partial charge in [-0.2, -0.15) is 4.80 Å². The summed E-state index contributed by atoms with van der Waals surface area (Å²) in [6.07, 6.45) is 0.00591. The lowest BCUT2D eigenvalue weighted by Crippen LogP contribution is -2.33. The van der Waals surface area contributed by atoms with Crippen molar-refractivity contribution in [2.24, 2.45) is 0 Å². The van der Waals surface area contributed by atoms with E-state index in [0.29, 0.717) is 11.6 Å². The molecule has 2 aromatic carbocycles. The maximum atomic E-state index is 12.6. The molecule has 156 valence electrons. The third kappa shape index (κ3) is 5.63. The minimum atomic E-state index is -0.556. The molecule has 0 aliphatic carbocycles. The van der Waals surface area contributed by atoms with Gasteiger partial charge >= 0.3 is 5.97 Å². The van der Waals surface area contributed by atoms with Gasteiger partial charge in [0.05, 0.1) is 26.2 Å². The van der Waals surface area contributed by atoms with E-state index in [2.05, 4.69) is 20.7 Å². The summed E-state index contributed by atoms with van der Waals surface area (Å²) >= 11 is 0. The summed E-state index contributed by atoms with van der Waals surface area (Å²) in [6.45, 7) is 1.88. The van der Waals surface area contributed by atoms with Crippen molar-refractivity contribution < 1.29 is 19.1 Å². The van der Waals surface area contributed by atoms with Gasteiger partial charge in [-0.1, -0.05) is 42.5 Å². The highest BCUT2D eigenvalue weighted by molar-refractivity contribution is 5.77. The van der Waals surface area contributed by atoms with E-state index in [1.54, 1.807) is 38.3 Å². The Morgan fingerprint density at radius 2 is 1.83 bits per heavy atom. The van der Waals surface area contributed by atoms with Gasteiger partial charge in [-0.25, -0.2) is 0 Å². The molecule has 9 heteroatoms. The number of rotatable bonds is 9. The molecule has 1 atom stereocenters. The van der Waals surface area contributed by atoms with Gasteiger partial charge in [0, 0.05) is 5.56 Å². The van der Waals surface area contributed by atoms with Crippen LogP contribution in [-0.2, 0) is 20.9 Å². The lowest BCUT2D eigenvalue weighted by atomic mass is 10.0. The molecule has 0 unspecified atom stereocenters. The number of carbonyl (C=O) groups is 2. The molecule has 0 radical (unpaired) electrons. The highest BCUT2D eigenvalue weighted by Gasteiger charge is 2.20. The Bertz CT molecular complexity index is 973. The maximum Gasteiger partial charge on any atom is 0.308 e. The van der Waals surface area contributed by atoms with Gasteiger partial charge in [0.1, 0.15) is 12.3 Å². The van der Waals surface area contributed by atoms with Gasteiger partial charge in [-0.05, 0) is 29.8 Å². The predicted molar refractivity (Wildman–Crippen MR) is 108 cm³/mol. The zero-order valence-corrected chi connectivity index (χ0v) is 16.8. The van der Waals surface area contributed by atoms with Crippen LogP contribution < -0.4 is 10.1 Å². The van der Waals surface area contributed by atoms with Crippen molar-refractivity contribution in [3.05, 3.63) is 60.2 Å². The van der Waals surface area contributed by atoms with Crippen molar-refractivity contribution in [3.8, 4) is 17.1 Å². The molecular formula is C21H23N5O4. The molecule has 0 bridgehead atoms. The molecule has 0 saturated heterocycles. The first kappa shape index (κ1) is 21.0. The number of esters is 1. The van der Waals surface area contributed by atoms with Crippen LogP contribution in [0.2, 0.25) is 0 Å². The van der Waals surface area contributed by atoms with Gasteiger partial charge in [-0.3, -0.25) is 9.59 Å². The highest BCUT2D eigenvalue weighted by atomic mass is 16.5. The van der Waals surface area contributed by atoms with Crippen LogP contribution in [0.5, 0.6) is 5.75 Å². The molecule has 0 aliphatic heterocycles. The summed E-state index contributed by atoms with van der Waals surface area (Å²) in [5, 5.41) is 15.0. The Hall–Kier alpha value is -3.75. The first-order valence-corrected chi connectivity index (χ1v) is 9.51. The first-order chi connectivity index (χ1) is 14.6. The minimum Gasteiger partial charge on any atom is -0.497 e. The summed E-state index contributed by atoms with van der Waals surface area (Å²) in [6, 6.07) is 15.9. The van der Waals surface area contributed by atoms with Crippen molar-refractivity contribution >= 4 is 11.9 Å². The number of hydrogen-bond donors (Lipinski definition) is 1. The minimum absolute atomic E-state index is 0.00591. The van der Waals surface area contributed by atoms with E-state index in [1.807, 2.05) is 30.3 Å². The highest BCUT2D eigenvalue weighted by Crippen LogP contribution is 2.21. The third-order valence-electron chi connectivity index (χ3n) is 4.30. The summed E-state index contributed by atoms with van der Waals surface area (Å²) in [7, 11) is 1.57. The Labute approximate surface area is 174 Å². The normalized spacial score (nSPS) is 11.5. The molecule has 1 heterocycles. The number of amides is 1. The van der Waals surface area contributed by atoms with Crippen LogP contribution in [0.3, 0.4) is 0 Å². The van der Waals surface area contributed by atoms with Crippen LogP contribution >= 0.6 is 0 Å². The van der Waals surface area contributed by atoms with Gasteiger partial charge in [-0.15, -0.1) is 10.2 Å². The molecule has 1 N–H and O–H groups in total. The fourth-order valence-electron chi connectivity index (χ4n) is 2.86. The van der Waals surface area contributed by atoms with E-state index in [9.17, 15) is 9.59 Å². The number of methoxy groups -OCH3 is 1. The molecule has 9 nitrogen and oxygen atoms in total. The lowest BCUT2D eigenvalue weighted by molar-refractivity contribution is -0.143. The summed E-state index contributed by atoms with van der Waals surface area (Å²) in [5.41, 5.74) is 1.57. The molecule has 3 rings (SSSR count). The van der Waals surface area contributed by atoms with E-state index in [1.165, 1.54) is 4.80 Å². The largest absolute Gasteiger partial charge is 0.497 e. The van der Waals surface area contributed by atoms with Gasteiger partial charge in [0.2, 0.25) is 11.7 Å². The number of nitrogens with one attached hydrogen (secondary N) is 1. The number of tetrazole rings is 1. The molecule has 1 amide bonds. The zero-order chi connectivity index (χ0) is 21.3. The predicted octanol–water partition coefficient (Wildman–Crippen LogP) is 2.16. The van der Waals surface area contributed by atoms with Crippen molar-refractivity contribution in [2.45, 2.75) is 25.9 Å². The Morgan fingerprint density at radius 1 is 1.10 bits per heavy atom. The van der Waals surface area contributed by atoms with Crippen molar-refractivity contribution in [1.82, 2.24) is 25.5 Å². The maximum absolute atomic E-state index is 12.6. The van der Waals surface area contributed by atoms with E-state index in [0.717, 1.165) is 11.1 Å². The second-order valence-corrected chi connectivity index (χ2v) is 6.41. The van der Waals surface area contributed by atoms with Crippen LogP contribution in [0, 0.1) is 0 Å². The van der Waals surface area contributed by atoms with Crippen LogP contribution in [0.15, 0.2) is 54.6 Å². The molecule has 0 aliphatic rings. The van der Waals surface area contributed by atoms with Crippen molar-refractivity contribution in [3.63, 3.8) is 0 Å². The van der Waals surface area contributed by atoms with Crippen LogP contribution in [-0.4, -0.2) is 45.8 Å². The van der Waals surface area contributed by atoms with Crippen LogP contribution in [0.4, 0.5) is 0 Å². The van der Waals surface area contributed by atoms with Crippen LogP contribution in [0.1, 0.15) is 24.9 Å². The first-order valence-electron chi connectivity index (χ1n) is 9.51. The van der Waals surface area contributed by atoms with Crippen molar-refractivity contribution in [1.29, 1.82) is 0 Å². The molecule has 3 aromatic rings. The molecule has 0 fully saturated rings. The molecule has 30 heavy (non-hydrogen) atoms. The monoisotopic (exact) mass is 409 g/mol. The standard InChI is InChI=1S/C21H23N5O4/c1-3-30-20(28)13-18(15-9-11-17(29-2)12-10-15)22-19(27)14-26-24-21(23-25-26)16-7-5-4-6-8-16/h4-12,18H,3,13-14H2,1-2H3,(H,22,27)/t18-/m0/s1. The number of ether oxygens (including phenoxy) is 2. The third-order valence-corrected chi connectivity index (χ3v) is 4.30. The number of carbonyl (C=O) groups excluding carboxylic acids is 2. The fraction of sp³-hybridized carbons (Fsp3) is 0.286. The van der Waals surface area contributed by atoms with Crippen molar-refractivity contribution in [2.75, 3.05) is 13.7 Å². The molecule has 0 spiro atoms. The summed E-state index contributed by atoms with van der Waals surface area (Å²) < 4.78 is 10.2. The Kier molecular flexibility index (Phi) is 7.09. The average Bonchev–Trinajstić information content (AvgIpc) is 3.22. The summed E-state index contributed by atoms with van der Waals surface area (Å²) in [5.74, 6) is 0.364. The quantitative estimate of drug-likeness (QED) is 0.540. The molecule has 0 saturated carbocycles. The SMILES string of the molecule is CCOC(=O)C[C@H](NC(=O)Cn1nnc(-c2ccccc2)n1)c1ccc(OC)cc1. The number of hydrogen-bond acceptors (Lipinski definition) is 7. The number of aromatic nitrogens is 4. The van der Waals surface area contributed by atoms with E-state index in [-0.39, 0.29) is 25.5 Å². The van der Waals surface area contributed by atoms with Crippen LogP contribution in [0.25, 0.3) is 11.4 Å². The number of benzene rings is 2. The zero-order valence-electron chi connectivity index (χ0n) is 16.8. The smallest absolute Gasteiger partial charge is 0.308 e. The number of nitrogens with zero attached hydrogens (tertiary/aromatic N) is 4. The van der Waals surface area contributed by atoms with Gasteiger partial charge < -0.3 is 14.8 Å². The fourth-order valence-corrected chi connectivity index (χ4v) is 2.86. The van der Waals surface area contributed by atoms with Gasteiger partial charge in [0.25, 0.3) is 0 Å². The topological polar surface area (TPSA) is 108 Å². The second-order valence-electron chi connectivity index (χ2n) is 6.41. The summed E-state index contributed by atoms with van der Waals surface area (Å²) in [4.78, 5) is 25.8. The Balaban J connectivity index is 1.69. The lowest BCUT2D eigenvalue weighted by Gasteiger charge is -2.18. The van der Waals surface area contributed by atoms with E-state index >= 15 is 0 Å².